The van der Waals surface area contributed by atoms with Crippen LogP contribution in [0.1, 0.15) is 18.4 Å². The highest BCUT2D eigenvalue weighted by molar-refractivity contribution is 7.99. The maximum absolute atomic E-state index is 13.3. The summed E-state index contributed by atoms with van der Waals surface area (Å²) in [6, 6.07) is 8.52. The van der Waals surface area contributed by atoms with Gasteiger partial charge in [0.25, 0.3) is 5.56 Å². The summed E-state index contributed by atoms with van der Waals surface area (Å²) in [5, 5.41) is 3.19. The highest BCUT2D eigenvalue weighted by Gasteiger charge is 2.29. The maximum Gasteiger partial charge on any atom is 0.263 e. The summed E-state index contributed by atoms with van der Waals surface area (Å²) >= 11 is 2.79. The standard InChI is InChI=1S/C22H23N3O2S2/c1-4-11-25-21(27)19-17(15-7-5-14(2)6-8-15)12-28-20(19)23-22(25)29-13-18(26)24(3)16-9-10-16/h4-8,12,16H,1,9-11,13H2,2-3H3. The van der Waals surface area contributed by atoms with Gasteiger partial charge in [0.1, 0.15) is 4.83 Å². The number of benzene rings is 1. The zero-order chi connectivity index (χ0) is 20.5. The summed E-state index contributed by atoms with van der Waals surface area (Å²) in [5.74, 6) is 0.349. The zero-order valence-electron chi connectivity index (χ0n) is 16.6. The van der Waals surface area contributed by atoms with Crippen LogP contribution in [-0.2, 0) is 11.3 Å². The number of thioether (sulfide) groups is 1. The molecule has 0 spiro atoms. The molecule has 0 atom stereocenters. The van der Waals surface area contributed by atoms with Crippen molar-refractivity contribution < 1.29 is 4.79 Å². The van der Waals surface area contributed by atoms with E-state index in [1.807, 2.05) is 48.5 Å². The second kappa shape index (κ2) is 8.16. The first kappa shape index (κ1) is 19.9. The summed E-state index contributed by atoms with van der Waals surface area (Å²) in [5.41, 5.74) is 3.00. The van der Waals surface area contributed by atoms with Crippen molar-refractivity contribution in [3.63, 3.8) is 0 Å². The second-order valence-electron chi connectivity index (χ2n) is 7.32. The van der Waals surface area contributed by atoms with Gasteiger partial charge in [0.2, 0.25) is 5.91 Å². The van der Waals surface area contributed by atoms with Crippen LogP contribution in [0.3, 0.4) is 0 Å². The van der Waals surface area contributed by atoms with E-state index in [0.717, 1.165) is 24.0 Å². The molecule has 29 heavy (non-hydrogen) atoms. The molecule has 1 aromatic carbocycles. The summed E-state index contributed by atoms with van der Waals surface area (Å²) in [6.07, 6.45) is 3.85. The van der Waals surface area contributed by atoms with Crippen LogP contribution in [0, 0.1) is 6.92 Å². The molecule has 1 saturated carbocycles. The molecule has 4 rings (SSSR count). The van der Waals surface area contributed by atoms with Crippen molar-refractivity contribution in [2.75, 3.05) is 12.8 Å². The largest absolute Gasteiger partial charge is 0.342 e. The Morgan fingerprint density at radius 2 is 2.10 bits per heavy atom. The van der Waals surface area contributed by atoms with E-state index in [0.29, 0.717) is 28.0 Å². The Kier molecular flexibility index (Phi) is 5.61. The van der Waals surface area contributed by atoms with Gasteiger partial charge in [-0.25, -0.2) is 4.98 Å². The monoisotopic (exact) mass is 425 g/mol. The minimum absolute atomic E-state index is 0.0727. The Morgan fingerprint density at radius 1 is 1.38 bits per heavy atom. The van der Waals surface area contributed by atoms with Crippen LogP contribution in [0.25, 0.3) is 21.3 Å². The van der Waals surface area contributed by atoms with Crippen molar-refractivity contribution >= 4 is 39.2 Å². The molecule has 1 aliphatic rings. The third kappa shape index (κ3) is 4.02. The van der Waals surface area contributed by atoms with Gasteiger partial charge in [0.15, 0.2) is 5.16 Å². The van der Waals surface area contributed by atoms with Crippen LogP contribution in [0.15, 0.2) is 52.3 Å². The van der Waals surface area contributed by atoms with Crippen LogP contribution in [-0.4, -0.2) is 39.2 Å². The molecule has 1 amide bonds. The average Bonchev–Trinajstić information content (AvgIpc) is 3.48. The third-order valence-electron chi connectivity index (χ3n) is 5.15. The van der Waals surface area contributed by atoms with E-state index in [1.54, 1.807) is 10.6 Å². The van der Waals surface area contributed by atoms with Crippen LogP contribution in [0.4, 0.5) is 0 Å². The minimum Gasteiger partial charge on any atom is -0.342 e. The molecule has 3 aromatic rings. The van der Waals surface area contributed by atoms with Gasteiger partial charge in [-0.1, -0.05) is 47.7 Å². The molecular formula is C22H23N3O2S2. The number of fused-ring (bicyclic) bond motifs is 1. The Hall–Kier alpha value is -2.38. The fourth-order valence-electron chi connectivity index (χ4n) is 3.25. The Balaban J connectivity index is 1.71. The van der Waals surface area contributed by atoms with Gasteiger partial charge in [-0.2, -0.15) is 0 Å². The smallest absolute Gasteiger partial charge is 0.263 e. The molecular weight excluding hydrogens is 402 g/mol. The van der Waals surface area contributed by atoms with Crippen molar-refractivity contribution in [2.24, 2.45) is 0 Å². The van der Waals surface area contributed by atoms with Crippen molar-refractivity contribution in [1.29, 1.82) is 0 Å². The molecule has 150 valence electrons. The number of aryl methyl sites for hydroxylation is 1. The lowest BCUT2D eigenvalue weighted by atomic mass is 10.1. The van der Waals surface area contributed by atoms with Crippen LogP contribution >= 0.6 is 23.1 Å². The number of amides is 1. The van der Waals surface area contributed by atoms with Crippen molar-refractivity contribution in [2.45, 2.75) is 37.5 Å². The fourth-order valence-corrected chi connectivity index (χ4v) is 5.17. The number of hydrogen-bond donors (Lipinski definition) is 0. The summed E-state index contributed by atoms with van der Waals surface area (Å²) in [7, 11) is 1.85. The van der Waals surface area contributed by atoms with E-state index >= 15 is 0 Å². The van der Waals surface area contributed by atoms with E-state index in [2.05, 4.69) is 6.58 Å². The van der Waals surface area contributed by atoms with Crippen molar-refractivity contribution in [3.05, 3.63) is 58.2 Å². The Labute approximate surface area is 178 Å². The molecule has 5 nitrogen and oxygen atoms in total. The van der Waals surface area contributed by atoms with Crippen LogP contribution in [0.2, 0.25) is 0 Å². The normalized spacial score (nSPS) is 13.6. The number of nitrogens with zero attached hydrogens (tertiary/aromatic N) is 3. The van der Waals surface area contributed by atoms with Crippen LogP contribution in [0.5, 0.6) is 0 Å². The molecule has 0 bridgehead atoms. The fraction of sp³-hybridized carbons (Fsp3) is 0.318. The zero-order valence-corrected chi connectivity index (χ0v) is 18.2. The predicted molar refractivity (Wildman–Crippen MR) is 121 cm³/mol. The van der Waals surface area contributed by atoms with Gasteiger partial charge in [0, 0.05) is 30.6 Å². The van der Waals surface area contributed by atoms with Crippen molar-refractivity contribution in [3.8, 4) is 11.1 Å². The van der Waals surface area contributed by atoms with Gasteiger partial charge < -0.3 is 4.90 Å². The summed E-state index contributed by atoms with van der Waals surface area (Å²) in [6.45, 7) is 6.18. The summed E-state index contributed by atoms with van der Waals surface area (Å²) < 4.78 is 1.62. The van der Waals surface area contributed by atoms with Gasteiger partial charge >= 0.3 is 0 Å². The Morgan fingerprint density at radius 3 is 2.76 bits per heavy atom. The number of hydrogen-bond acceptors (Lipinski definition) is 5. The average molecular weight is 426 g/mol. The Bertz CT molecular complexity index is 1130. The molecule has 2 aromatic heterocycles. The number of rotatable bonds is 7. The number of thiophene rings is 1. The lowest BCUT2D eigenvalue weighted by molar-refractivity contribution is -0.127. The lowest BCUT2D eigenvalue weighted by Crippen LogP contribution is -2.30. The SMILES string of the molecule is C=CCn1c(SCC(=O)N(C)C2CC2)nc2scc(-c3ccc(C)cc3)c2c1=O. The van der Waals surface area contributed by atoms with Crippen LogP contribution < -0.4 is 5.56 Å². The number of carbonyl (C=O) groups is 1. The van der Waals surface area contributed by atoms with E-state index < -0.39 is 0 Å². The highest BCUT2D eigenvalue weighted by atomic mass is 32.2. The molecule has 1 fully saturated rings. The number of aromatic nitrogens is 2. The number of allylic oxidation sites excluding steroid dienone is 1. The molecule has 0 aliphatic heterocycles. The quantitative estimate of drug-likeness (QED) is 0.321. The summed E-state index contributed by atoms with van der Waals surface area (Å²) in [4.78, 5) is 33.0. The third-order valence-corrected chi connectivity index (χ3v) is 6.98. The van der Waals surface area contributed by atoms with Gasteiger partial charge in [-0.05, 0) is 25.3 Å². The van der Waals surface area contributed by atoms with Gasteiger partial charge in [-0.3, -0.25) is 14.2 Å². The highest BCUT2D eigenvalue weighted by Crippen LogP contribution is 2.32. The van der Waals surface area contributed by atoms with Crippen molar-refractivity contribution in [1.82, 2.24) is 14.5 Å². The van der Waals surface area contributed by atoms with E-state index in [-0.39, 0.29) is 17.2 Å². The van der Waals surface area contributed by atoms with E-state index in [1.165, 1.54) is 28.7 Å². The maximum atomic E-state index is 13.3. The first-order chi connectivity index (χ1) is 14.0. The van der Waals surface area contributed by atoms with Gasteiger partial charge in [-0.15, -0.1) is 17.9 Å². The molecule has 7 heteroatoms. The molecule has 0 radical (unpaired) electrons. The molecule has 0 saturated heterocycles. The topological polar surface area (TPSA) is 55.2 Å². The number of carbonyl (C=O) groups excluding carboxylic acids is 1. The molecule has 2 heterocycles. The van der Waals surface area contributed by atoms with E-state index in [9.17, 15) is 9.59 Å². The first-order valence-electron chi connectivity index (χ1n) is 9.58. The lowest BCUT2D eigenvalue weighted by Gasteiger charge is -2.16. The molecule has 1 aliphatic carbocycles. The minimum atomic E-state index is -0.0859. The first-order valence-corrected chi connectivity index (χ1v) is 11.4. The van der Waals surface area contributed by atoms with E-state index in [4.69, 9.17) is 4.98 Å². The van der Waals surface area contributed by atoms with Gasteiger partial charge in [0.05, 0.1) is 11.1 Å². The molecule has 0 N–H and O–H groups in total. The second-order valence-corrected chi connectivity index (χ2v) is 9.12. The predicted octanol–water partition coefficient (Wildman–Crippen LogP) is 4.33. The molecule has 0 unspecified atom stereocenters.